The lowest BCUT2D eigenvalue weighted by molar-refractivity contribution is -0.118. The Morgan fingerprint density at radius 2 is 2.04 bits per heavy atom. The van der Waals surface area contributed by atoms with Gasteiger partial charge in [0.05, 0.1) is 12.8 Å². The molecule has 1 heterocycles. The van der Waals surface area contributed by atoms with Crippen LogP contribution in [-0.4, -0.2) is 25.5 Å². The van der Waals surface area contributed by atoms with E-state index in [1.54, 1.807) is 25.3 Å². The maximum absolute atomic E-state index is 12.1. The van der Waals surface area contributed by atoms with Crippen molar-refractivity contribution in [2.45, 2.75) is 12.8 Å². The highest BCUT2D eigenvalue weighted by Crippen LogP contribution is 2.30. The van der Waals surface area contributed by atoms with Crippen LogP contribution in [0.15, 0.2) is 42.5 Å². The van der Waals surface area contributed by atoms with Gasteiger partial charge in [-0.25, -0.2) is 0 Å². The van der Waals surface area contributed by atoms with Gasteiger partial charge in [0.25, 0.3) is 5.91 Å². The fraction of sp³-hybridized carbons (Fsp3) is 0.222. The van der Waals surface area contributed by atoms with Crippen molar-refractivity contribution in [2.24, 2.45) is 0 Å². The molecule has 124 valence electrons. The lowest BCUT2D eigenvalue weighted by atomic mass is 10.1. The number of amides is 2. The third-order valence-corrected chi connectivity index (χ3v) is 3.70. The predicted octanol–water partition coefficient (Wildman–Crippen LogP) is 2.60. The van der Waals surface area contributed by atoms with Crippen LogP contribution >= 0.6 is 0 Å². The number of hydrogen-bond donors (Lipinski definition) is 2. The number of methoxy groups -OCH3 is 1. The van der Waals surface area contributed by atoms with E-state index in [9.17, 15) is 9.59 Å². The lowest BCUT2D eigenvalue weighted by Crippen LogP contribution is -2.25. The van der Waals surface area contributed by atoms with E-state index in [4.69, 9.17) is 9.47 Å². The number of benzene rings is 2. The van der Waals surface area contributed by atoms with Gasteiger partial charge in [-0.05, 0) is 42.3 Å². The Bertz CT molecular complexity index is 756. The van der Waals surface area contributed by atoms with E-state index < -0.39 is 0 Å². The molecule has 0 saturated heterocycles. The molecule has 3 rings (SSSR count). The summed E-state index contributed by atoms with van der Waals surface area (Å²) in [5.41, 5.74) is 2.26. The molecule has 0 unspecified atom stereocenters. The zero-order valence-electron chi connectivity index (χ0n) is 13.3. The molecular formula is C18H18N2O4. The summed E-state index contributed by atoms with van der Waals surface area (Å²) in [6.45, 7) is 0.0145. The highest BCUT2D eigenvalue weighted by Gasteiger charge is 2.16. The Morgan fingerprint density at radius 3 is 2.79 bits per heavy atom. The largest absolute Gasteiger partial charge is 0.497 e. The van der Waals surface area contributed by atoms with Crippen molar-refractivity contribution in [3.05, 3.63) is 48.0 Å². The van der Waals surface area contributed by atoms with Gasteiger partial charge in [0.2, 0.25) is 5.91 Å². The highest BCUT2D eigenvalue weighted by atomic mass is 16.5. The van der Waals surface area contributed by atoms with Crippen molar-refractivity contribution >= 4 is 23.2 Å². The minimum atomic E-state index is -0.203. The molecule has 2 N–H and O–H groups in total. The fourth-order valence-electron chi connectivity index (χ4n) is 2.43. The van der Waals surface area contributed by atoms with Crippen LogP contribution in [0.1, 0.15) is 12.0 Å². The summed E-state index contributed by atoms with van der Waals surface area (Å²) in [7, 11) is 1.62. The van der Waals surface area contributed by atoms with E-state index in [0.717, 1.165) is 11.3 Å². The molecule has 2 aromatic carbocycles. The number of hydrogen-bond acceptors (Lipinski definition) is 4. The van der Waals surface area contributed by atoms with Gasteiger partial charge in [0.1, 0.15) is 11.5 Å². The molecule has 0 bridgehead atoms. The molecule has 0 radical (unpaired) electrons. The molecular weight excluding hydrogens is 308 g/mol. The van der Waals surface area contributed by atoms with E-state index in [-0.39, 0.29) is 18.4 Å². The molecule has 2 amide bonds. The quantitative estimate of drug-likeness (QED) is 0.885. The number of nitrogens with one attached hydrogen (secondary N) is 2. The Kier molecular flexibility index (Phi) is 4.65. The summed E-state index contributed by atoms with van der Waals surface area (Å²) < 4.78 is 10.4. The molecule has 0 atom stereocenters. The zero-order valence-corrected chi connectivity index (χ0v) is 13.3. The molecule has 1 aliphatic heterocycles. The number of carbonyl (C=O) groups is 2. The predicted molar refractivity (Wildman–Crippen MR) is 90.5 cm³/mol. The van der Waals surface area contributed by atoms with E-state index in [1.807, 2.05) is 24.3 Å². The molecule has 1 aliphatic rings. The van der Waals surface area contributed by atoms with E-state index >= 15 is 0 Å². The third-order valence-electron chi connectivity index (χ3n) is 3.70. The molecule has 6 heteroatoms. The van der Waals surface area contributed by atoms with Crippen molar-refractivity contribution in [2.75, 3.05) is 24.4 Å². The number of carbonyl (C=O) groups excluding carboxylic acids is 2. The summed E-state index contributed by atoms with van der Waals surface area (Å²) >= 11 is 0. The second-order valence-corrected chi connectivity index (χ2v) is 5.44. The first-order valence-corrected chi connectivity index (χ1v) is 7.63. The van der Waals surface area contributed by atoms with Crippen LogP contribution in [0.25, 0.3) is 0 Å². The molecule has 0 fully saturated rings. The van der Waals surface area contributed by atoms with E-state index in [0.29, 0.717) is 30.0 Å². The van der Waals surface area contributed by atoms with Crippen molar-refractivity contribution in [1.82, 2.24) is 0 Å². The molecule has 0 aromatic heterocycles. The van der Waals surface area contributed by atoms with Crippen LogP contribution in [0.5, 0.6) is 11.5 Å². The summed E-state index contributed by atoms with van der Waals surface area (Å²) in [4.78, 5) is 23.4. The Balaban J connectivity index is 1.56. The van der Waals surface area contributed by atoms with Gasteiger partial charge in [-0.1, -0.05) is 12.1 Å². The standard InChI is InChI=1S/C18H18N2O4/c1-23-14-6-2-12(3-7-14)4-9-17(21)19-13-5-8-16-15(10-13)20-18(22)11-24-16/h2-3,5-8,10H,4,9,11H2,1H3,(H,19,21)(H,20,22). The van der Waals surface area contributed by atoms with Gasteiger partial charge in [-0.3, -0.25) is 9.59 Å². The molecule has 24 heavy (non-hydrogen) atoms. The molecule has 6 nitrogen and oxygen atoms in total. The summed E-state index contributed by atoms with van der Waals surface area (Å²) in [6, 6.07) is 12.8. The van der Waals surface area contributed by atoms with Crippen LogP contribution in [0, 0.1) is 0 Å². The minimum Gasteiger partial charge on any atom is -0.497 e. The number of ether oxygens (including phenoxy) is 2. The van der Waals surface area contributed by atoms with Crippen molar-refractivity contribution in [3.8, 4) is 11.5 Å². The smallest absolute Gasteiger partial charge is 0.262 e. The number of anilines is 2. The van der Waals surface area contributed by atoms with Crippen LogP contribution in [-0.2, 0) is 16.0 Å². The summed E-state index contributed by atoms with van der Waals surface area (Å²) in [5.74, 6) is 1.10. The van der Waals surface area contributed by atoms with Gasteiger partial charge >= 0.3 is 0 Å². The van der Waals surface area contributed by atoms with Crippen molar-refractivity contribution in [3.63, 3.8) is 0 Å². The summed E-state index contributed by atoms with van der Waals surface area (Å²) in [5, 5.41) is 5.54. The van der Waals surface area contributed by atoms with E-state index in [2.05, 4.69) is 10.6 Å². The second kappa shape index (κ2) is 7.04. The van der Waals surface area contributed by atoms with Crippen molar-refractivity contribution < 1.29 is 19.1 Å². The minimum absolute atomic E-state index is 0.0145. The Morgan fingerprint density at radius 1 is 1.25 bits per heavy atom. The third kappa shape index (κ3) is 3.84. The van der Waals surface area contributed by atoms with Gasteiger partial charge in [0.15, 0.2) is 6.61 Å². The fourth-order valence-corrected chi connectivity index (χ4v) is 2.43. The van der Waals surface area contributed by atoms with Crippen molar-refractivity contribution in [1.29, 1.82) is 0 Å². The number of fused-ring (bicyclic) bond motifs is 1. The molecule has 2 aromatic rings. The van der Waals surface area contributed by atoms with E-state index in [1.165, 1.54) is 0 Å². The topological polar surface area (TPSA) is 76.7 Å². The maximum atomic E-state index is 12.1. The second-order valence-electron chi connectivity index (χ2n) is 5.44. The van der Waals surface area contributed by atoms with Crippen LogP contribution in [0.3, 0.4) is 0 Å². The van der Waals surface area contributed by atoms with Crippen LogP contribution < -0.4 is 20.1 Å². The first-order chi connectivity index (χ1) is 11.6. The molecule has 0 aliphatic carbocycles. The van der Waals surface area contributed by atoms with Crippen LogP contribution in [0.4, 0.5) is 11.4 Å². The average Bonchev–Trinajstić information content (AvgIpc) is 2.60. The Labute approximate surface area is 139 Å². The number of rotatable bonds is 5. The van der Waals surface area contributed by atoms with Gasteiger partial charge in [0, 0.05) is 12.1 Å². The lowest BCUT2D eigenvalue weighted by Gasteiger charge is -2.18. The SMILES string of the molecule is COc1ccc(CCC(=O)Nc2ccc3c(c2)NC(=O)CO3)cc1. The molecule has 0 spiro atoms. The summed E-state index contributed by atoms with van der Waals surface area (Å²) in [6.07, 6.45) is 1.01. The van der Waals surface area contributed by atoms with Gasteiger partial charge in [-0.15, -0.1) is 0 Å². The average molecular weight is 326 g/mol. The first kappa shape index (κ1) is 15.9. The Hall–Kier alpha value is -3.02. The highest BCUT2D eigenvalue weighted by molar-refractivity contribution is 5.97. The maximum Gasteiger partial charge on any atom is 0.262 e. The zero-order chi connectivity index (χ0) is 16.9. The van der Waals surface area contributed by atoms with Gasteiger partial charge in [-0.2, -0.15) is 0 Å². The van der Waals surface area contributed by atoms with Crippen LogP contribution in [0.2, 0.25) is 0 Å². The number of aryl methyl sites for hydroxylation is 1. The monoisotopic (exact) mass is 326 g/mol. The first-order valence-electron chi connectivity index (χ1n) is 7.63. The molecule has 0 saturated carbocycles. The van der Waals surface area contributed by atoms with Gasteiger partial charge < -0.3 is 20.1 Å². The normalized spacial score (nSPS) is 12.6.